The fraction of sp³-hybridized carbons (Fsp3) is 0. The van der Waals surface area contributed by atoms with Crippen molar-refractivity contribution in [1.82, 2.24) is 15.0 Å². The summed E-state index contributed by atoms with van der Waals surface area (Å²) in [4.78, 5) is 11.4. The summed E-state index contributed by atoms with van der Waals surface area (Å²) in [6.07, 6.45) is 2.79. The third-order valence-electron chi connectivity index (χ3n) is 4.61. The van der Waals surface area contributed by atoms with Gasteiger partial charge in [0.25, 0.3) is 0 Å². The van der Waals surface area contributed by atoms with Gasteiger partial charge in [-0.05, 0) is 24.3 Å². The fourth-order valence-electron chi connectivity index (χ4n) is 3.25. The number of nitrogens with one attached hydrogen (secondary N) is 3. The van der Waals surface area contributed by atoms with Gasteiger partial charge in [0.2, 0.25) is 5.95 Å². The first kappa shape index (κ1) is 18.1. The number of nitrogens with two attached hydrogens (primary N) is 3. The second-order valence-corrected chi connectivity index (χ2v) is 6.57. The standard InChI is InChI=1S/C21H20N8/c1-11(23)15-4-2-3-12-8-17(28-20(12)15)16-9-14(7-13(10-22)19(16)24)27-18-5-6-26-21(25)29-18/h2-10,22,28H,1,23-24H2,(H3,25,26,27,29). The number of nitrogens with zero attached hydrogens (tertiary/aromatic N) is 2. The van der Waals surface area contributed by atoms with E-state index in [1.165, 1.54) is 6.21 Å². The fourth-order valence-corrected chi connectivity index (χ4v) is 3.25. The largest absolute Gasteiger partial charge is 0.399 e. The number of fused-ring (bicyclic) bond motifs is 1. The first-order valence-corrected chi connectivity index (χ1v) is 8.82. The lowest BCUT2D eigenvalue weighted by Crippen LogP contribution is -2.02. The highest BCUT2D eigenvalue weighted by atomic mass is 15.1. The number of anilines is 4. The van der Waals surface area contributed by atoms with E-state index in [9.17, 15) is 0 Å². The van der Waals surface area contributed by atoms with E-state index in [4.69, 9.17) is 22.6 Å². The molecule has 0 atom stereocenters. The van der Waals surface area contributed by atoms with Crippen LogP contribution in [0.3, 0.4) is 0 Å². The summed E-state index contributed by atoms with van der Waals surface area (Å²) in [7, 11) is 0. The zero-order valence-corrected chi connectivity index (χ0v) is 15.5. The van der Waals surface area contributed by atoms with E-state index < -0.39 is 0 Å². The van der Waals surface area contributed by atoms with Crippen LogP contribution in [0.5, 0.6) is 0 Å². The minimum absolute atomic E-state index is 0.170. The smallest absolute Gasteiger partial charge is 0.221 e. The SMILES string of the molecule is C=C(N)c1cccc2cc(-c3cc(Nc4ccnc(N)n4)cc(C=N)c3N)[nH]c12. The number of nitrogen functional groups attached to an aromatic ring is 2. The Morgan fingerprint density at radius 1 is 1.17 bits per heavy atom. The first-order valence-electron chi connectivity index (χ1n) is 8.82. The minimum Gasteiger partial charge on any atom is -0.399 e. The van der Waals surface area contributed by atoms with Gasteiger partial charge in [0, 0.05) is 57.3 Å². The molecule has 0 bridgehead atoms. The number of para-hydroxylation sites is 1. The number of aromatic amines is 1. The minimum atomic E-state index is 0.170. The zero-order valence-electron chi connectivity index (χ0n) is 15.5. The van der Waals surface area contributed by atoms with Crippen molar-refractivity contribution in [3.8, 4) is 11.3 Å². The first-order chi connectivity index (χ1) is 14.0. The van der Waals surface area contributed by atoms with Gasteiger partial charge >= 0.3 is 0 Å². The van der Waals surface area contributed by atoms with Crippen molar-refractivity contribution in [3.63, 3.8) is 0 Å². The average molecular weight is 384 g/mol. The van der Waals surface area contributed by atoms with Crippen LogP contribution < -0.4 is 22.5 Å². The number of benzene rings is 2. The van der Waals surface area contributed by atoms with Gasteiger partial charge in [-0.2, -0.15) is 4.98 Å². The zero-order chi connectivity index (χ0) is 20.5. The predicted molar refractivity (Wildman–Crippen MR) is 119 cm³/mol. The van der Waals surface area contributed by atoms with E-state index in [0.717, 1.165) is 27.7 Å². The molecule has 4 aromatic rings. The molecule has 0 amide bonds. The highest BCUT2D eigenvalue weighted by molar-refractivity contribution is 5.99. The molecular formula is C21H20N8. The molecule has 144 valence electrons. The molecule has 4 rings (SSSR count). The Kier molecular flexibility index (Phi) is 4.36. The normalized spacial score (nSPS) is 10.8. The van der Waals surface area contributed by atoms with Crippen molar-refractivity contribution >= 4 is 46.0 Å². The van der Waals surface area contributed by atoms with Crippen LogP contribution in [0.4, 0.5) is 23.1 Å². The Balaban J connectivity index is 1.85. The number of H-pyrrole nitrogens is 1. The molecule has 8 nitrogen and oxygen atoms in total. The molecule has 0 saturated heterocycles. The molecule has 0 aliphatic carbocycles. The summed E-state index contributed by atoms with van der Waals surface area (Å²) in [5, 5.41) is 11.9. The second kappa shape index (κ2) is 7.01. The van der Waals surface area contributed by atoms with Crippen LogP contribution in [0.25, 0.3) is 27.9 Å². The Morgan fingerprint density at radius 3 is 2.72 bits per heavy atom. The number of hydrogen-bond donors (Lipinski definition) is 6. The van der Waals surface area contributed by atoms with Crippen molar-refractivity contribution in [1.29, 1.82) is 5.41 Å². The number of hydrogen-bond acceptors (Lipinski definition) is 7. The summed E-state index contributed by atoms with van der Waals surface area (Å²) in [5.41, 5.74) is 23.5. The Morgan fingerprint density at radius 2 is 2.00 bits per heavy atom. The Labute approximate surface area is 167 Å². The van der Waals surface area contributed by atoms with Crippen LogP contribution in [0.15, 0.2) is 55.2 Å². The number of rotatable bonds is 5. The van der Waals surface area contributed by atoms with Crippen LogP contribution in [0.2, 0.25) is 0 Å². The molecule has 2 aromatic heterocycles. The summed E-state index contributed by atoms with van der Waals surface area (Å²) in [5.74, 6) is 0.714. The lowest BCUT2D eigenvalue weighted by Gasteiger charge is -2.12. The Bertz CT molecular complexity index is 1260. The van der Waals surface area contributed by atoms with Crippen molar-refractivity contribution in [3.05, 3.63) is 66.4 Å². The molecule has 0 unspecified atom stereocenters. The highest BCUT2D eigenvalue weighted by Gasteiger charge is 2.14. The molecule has 8 heteroatoms. The van der Waals surface area contributed by atoms with Crippen LogP contribution in [-0.2, 0) is 0 Å². The molecule has 0 aliphatic heterocycles. The van der Waals surface area contributed by atoms with Crippen molar-refractivity contribution in [2.24, 2.45) is 5.73 Å². The maximum Gasteiger partial charge on any atom is 0.221 e. The summed E-state index contributed by atoms with van der Waals surface area (Å²) in [6, 6.07) is 13.2. The van der Waals surface area contributed by atoms with Gasteiger partial charge in [0.1, 0.15) is 5.82 Å². The van der Waals surface area contributed by atoms with Gasteiger partial charge in [-0.1, -0.05) is 24.8 Å². The lowest BCUT2D eigenvalue weighted by atomic mass is 10.0. The van der Waals surface area contributed by atoms with Crippen LogP contribution in [-0.4, -0.2) is 21.2 Å². The van der Waals surface area contributed by atoms with E-state index in [1.54, 1.807) is 18.3 Å². The summed E-state index contributed by atoms with van der Waals surface area (Å²) in [6.45, 7) is 3.84. The molecule has 0 aliphatic rings. The molecule has 0 spiro atoms. The van der Waals surface area contributed by atoms with E-state index in [0.29, 0.717) is 28.5 Å². The molecule has 2 aromatic carbocycles. The quantitative estimate of drug-likeness (QED) is 0.229. The van der Waals surface area contributed by atoms with Gasteiger partial charge in [-0.3, -0.25) is 0 Å². The molecule has 0 saturated carbocycles. The van der Waals surface area contributed by atoms with Crippen molar-refractivity contribution < 1.29 is 0 Å². The number of aromatic nitrogens is 3. The van der Waals surface area contributed by atoms with Crippen molar-refractivity contribution in [2.45, 2.75) is 0 Å². The molecule has 2 heterocycles. The third-order valence-corrected chi connectivity index (χ3v) is 4.61. The third kappa shape index (κ3) is 3.34. The van der Waals surface area contributed by atoms with Gasteiger partial charge in [-0.15, -0.1) is 0 Å². The predicted octanol–water partition coefficient (Wildman–Crippen LogP) is 3.46. The molecule has 0 radical (unpaired) electrons. The molecule has 0 fully saturated rings. The van der Waals surface area contributed by atoms with E-state index in [2.05, 4.69) is 26.8 Å². The highest BCUT2D eigenvalue weighted by Crippen LogP contribution is 2.35. The second-order valence-electron chi connectivity index (χ2n) is 6.57. The Hall–Kier alpha value is -4.33. The lowest BCUT2D eigenvalue weighted by molar-refractivity contribution is 1.18. The summed E-state index contributed by atoms with van der Waals surface area (Å²) >= 11 is 0. The van der Waals surface area contributed by atoms with E-state index in [-0.39, 0.29) is 5.95 Å². The maximum absolute atomic E-state index is 7.74. The van der Waals surface area contributed by atoms with E-state index >= 15 is 0 Å². The average Bonchev–Trinajstić information content (AvgIpc) is 3.13. The van der Waals surface area contributed by atoms with Crippen LogP contribution >= 0.6 is 0 Å². The molecular weight excluding hydrogens is 364 g/mol. The molecule has 29 heavy (non-hydrogen) atoms. The van der Waals surface area contributed by atoms with Gasteiger partial charge in [0.15, 0.2) is 0 Å². The van der Waals surface area contributed by atoms with E-state index in [1.807, 2.05) is 30.3 Å². The van der Waals surface area contributed by atoms with Gasteiger partial charge in [-0.25, -0.2) is 4.98 Å². The summed E-state index contributed by atoms with van der Waals surface area (Å²) < 4.78 is 0. The molecule has 9 N–H and O–H groups in total. The van der Waals surface area contributed by atoms with Gasteiger partial charge in [0.05, 0.1) is 5.52 Å². The van der Waals surface area contributed by atoms with Crippen molar-refractivity contribution in [2.75, 3.05) is 16.8 Å². The van der Waals surface area contributed by atoms with Crippen LogP contribution in [0.1, 0.15) is 11.1 Å². The monoisotopic (exact) mass is 384 g/mol. The topological polar surface area (TPSA) is 156 Å². The van der Waals surface area contributed by atoms with Crippen LogP contribution in [0, 0.1) is 5.41 Å². The van der Waals surface area contributed by atoms with Gasteiger partial charge < -0.3 is 32.9 Å². The maximum atomic E-state index is 7.74.